The quantitative estimate of drug-likeness (QED) is 0.561. The van der Waals surface area contributed by atoms with Gasteiger partial charge in [0.25, 0.3) is 10.0 Å². The van der Waals surface area contributed by atoms with Crippen LogP contribution in [0.25, 0.3) is 0 Å². The van der Waals surface area contributed by atoms with Gasteiger partial charge in [-0.05, 0) is 80.4 Å². The molecule has 9 heteroatoms. The highest BCUT2D eigenvalue weighted by molar-refractivity contribution is 7.93. The molecule has 2 aromatic carbocycles. The maximum atomic E-state index is 13.3. The molecule has 30 heavy (non-hydrogen) atoms. The highest BCUT2D eigenvalue weighted by Gasteiger charge is 2.25. The molecule has 1 heterocycles. The van der Waals surface area contributed by atoms with Gasteiger partial charge in [0.2, 0.25) is 0 Å². The molecule has 2 fully saturated rings. The summed E-state index contributed by atoms with van der Waals surface area (Å²) in [5, 5.41) is 6.84. The first-order valence-corrected chi connectivity index (χ1v) is 12.0. The Balaban J connectivity index is 1.62. The van der Waals surface area contributed by atoms with Crippen LogP contribution >= 0.6 is 12.2 Å². The lowest BCUT2D eigenvalue weighted by Crippen LogP contribution is -2.30. The molecule has 4 rings (SSSR count). The van der Waals surface area contributed by atoms with Crippen LogP contribution < -0.4 is 25.0 Å². The van der Waals surface area contributed by atoms with Crippen molar-refractivity contribution in [1.29, 1.82) is 0 Å². The summed E-state index contributed by atoms with van der Waals surface area (Å²) in [6.07, 6.45) is 4.34. The molecule has 2 aliphatic rings. The third-order valence-electron chi connectivity index (χ3n) is 5.21. The summed E-state index contributed by atoms with van der Waals surface area (Å²) in [5.41, 5.74) is 1.83. The molecule has 3 N–H and O–H groups in total. The second-order valence-corrected chi connectivity index (χ2v) is 9.64. The van der Waals surface area contributed by atoms with Crippen molar-refractivity contribution in [1.82, 2.24) is 5.32 Å². The van der Waals surface area contributed by atoms with Crippen LogP contribution in [-0.4, -0.2) is 39.8 Å². The minimum absolute atomic E-state index is 0.236. The topological polar surface area (TPSA) is 82.7 Å². The Labute approximate surface area is 182 Å². The van der Waals surface area contributed by atoms with Gasteiger partial charge in [-0.1, -0.05) is 0 Å². The minimum atomic E-state index is -3.81. The Morgan fingerprint density at radius 2 is 1.73 bits per heavy atom. The molecule has 0 radical (unpaired) electrons. The largest absolute Gasteiger partial charge is 0.497 e. The van der Waals surface area contributed by atoms with Crippen LogP contribution in [0.3, 0.4) is 0 Å². The molecule has 0 unspecified atom stereocenters. The number of benzene rings is 2. The van der Waals surface area contributed by atoms with Crippen LogP contribution in [0.4, 0.5) is 17.1 Å². The van der Waals surface area contributed by atoms with Crippen molar-refractivity contribution >= 4 is 44.4 Å². The van der Waals surface area contributed by atoms with E-state index in [0.29, 0.717) is 34.0 Å². The van der Waals surface area contributed by atoms with Crippen molar-refractivity contribution in [2.75, 3.05) is 35.1 Å². The third kappa shape index (κ3) is 4.96. The number of nitrogens with zero attached hydrogens (tertiary/aromatic N) is 1. The zero-order valence-electron chi connectivity index (χ0n) is 16.8. The van der Waals surface area contributed by atoms with Crippen LogP contribution in [0.1, 0.15) is 25.7 Å². The molecule has 160 valence electrons. The summed E-state index contributed by atoms with van der Waals surface area (Å²) >= 11 is 5.35. The first kappa shape index (κ1) is 20.7. The molecule has 0 spiro atoms. The first-order chi connectivity index (χ1) is 14.4. The number of sulfonamides is 1. The average Bonchev–Trinajstić information content (AvgIpc) is 3.36. The summed E-state index contributed by atoms with van der Waals surface area (Å²) in [4.78, 5) is 2.35. The summed E-state index contributed by atoms with van der Waals surface area (Å²) in [7, 11) is -2.23. The second-order valence-electron chi connectivity index (χ2n) is 7.58. The van der Waals surface area contributed by atoms with Crippen molar-refractivity contribution < 1.29 is 13.2 Å². The van der Waals surface area contributed by atoms with Crippen molar-refractivity contribution in [3.8, 4) is 5.75 Å². The van der Waals surface area contributed by atoms with E-state index in [0.717, 1.165) is 38.8 Å². The van der Waals surface area contributed by atoms with Gasteiger partial charge in [-0.25, -0.2) is 8.42 Å². The Bertz CT molecular complexity index is 1020. The molecule has 1 saturated heterocycles. The predicted molar refractivity (Wildman–Crippen MR) is 124 cm³/mol. The molecular formula is C21H26N4O3S2. The van der Waals surface area contributed by atoms with E-state index in [1.165, 1.54) is 0 Å². The normalized spacial score (nSPS) is 16.2. The smallest absolute Gasteiger partial charge is 0.264 e. The molecule has 2 aromatic rings. The van der Waals surface area contributed by atoms with E-state index in [9.17, 15) is 8.42 Å². The summed E-state index contributed by atoms with van der Waals surface area (Å²) < 4.78 is 34.5. The lowest BCUT2D eigenvalue weighted by molar-refractivity contribution is 0.415. The van der Waals surface area contributed by atoms with Crippen LogP contribution in [0, 0.1) is 0 Å². The van der Waals surface area contributed by atoms with Crippen molar-refractivity contribution in [3.05, 3.63) is 42.5 Å². The number of rotatable bonds is 7. The Kier molecular flexibility index (Phi) is 6.01. The zero-order valence-corrected chi connectivity index (χ0v) is 18.5. The van der Waals surface area contributed by atoms with Crippen molar-refractivity contribution in [3.63, 3.8) is 0 Å². The second kappa shape index (κ2) is 8.69. The molecule has 1 aliphatic carbocycles. The monoisotopic (exact) mass is 446 g/mol. The minimum Gasteiger partial charge on any atom is -0.497 e. The molecule has 0 bridgehead atoms. The number of anilines is 3. The van der Waals surface area contributed by atoms with E-state index >= 15 is 0 Å². The molecule has 7 nitrogen and oxygen atoms in total. The summed E-state index contributed by atoms with van der Waals surface area (Å²) in [6, 6.07) is 12.6. The Morgan fingerprint density at radius 1 is 1.07 bits per heavy atom. The van der Waals surface area contributed by atoms with Crippen LogP contribution in [-0.2, 0) is 10.0 Å². The van der Waals surface area contributed by atoms with E-state index < -0.39 is 10.0 Å². The molecule has 0 amide bonds. The van der Waals surface area contributed by atoms with Gasteiger partial charge in [0, 0.05) is 30.5 Å². The lowest BCUT2D eigenvalue weighted by atomic mass is 10.2. The maximum Gasteiger partial charge on any atom is 0.264 e. The Hall–Kier alpha value is -2.52. The number of thiocarbonyl (C=S) groups is 1. The van der Waals surface area contributed by atoms with E-state index in [1.807, 2.05) is 12.1 Å². The van der Waals surface area contributed by atoms with Gasteiger partial charge in [-0.3, -0.25) is 4.72 Å². The number of hydrogen-bond acceptors (Lipinski definition) is 5. The van der Waals surface area contributed by atoms with Crippen molar-refractivity contribution in [2.24, 2.45) is 0 Å². The van der Waals surface area contributed by atoms with Gasteiger partial charge in [-0.2, -0.15) is 0 Å². The fourth-order valence-electron chi connectivity index (χ4n) is 3.48. The van der Waals surface area contributed by atoms with E-state index in [1.54, 1.807) is 37.4 Å². The van der Waals surface area contributed by atoms with E-state index in [4.69, 9.17) is 17.0 Å². The molecule has 0 aromatic heterocycles. The van der Waals surface area contributed by atoms with Crippen molar-refractivity contribution in [2.45, 2.75) is 36.6 Å². The van der Waals surface area contributed by atoms with Crippen LogP contribution in [0.15, 0.2) is 47.4 Å². The summed E-state index contributed by atoms with van der Waals surface area (Å²) in [6.45, 7) is 1.69. The SMILES string of the molecule is COc1ccc(NS(=O)(=O)c2cc(NC(=S)NC3CC3)ccc2N2CCCC2)cc1. The van der Waals surface area contributed by atoms with Crippen LogP contribution in [0.2, 0.25) is 0 Å². The highest BCUT2D eigenvalue weighted by Crippen LogP contribution is 2.32. The molecule has 1 saturated carbocycles. The Morgan fingerprint density at radius 3 is 2.37 bits per heavy atom. The van der Waals surface area contributed by atoms with Gasteiger partial charge in [0.15, 0.2) is 5.11 Å². The molecule has 0 atom stereocenters. The molecular weight excluding hydrogens is 420 g/mol. The fraction of sp³-hybridized carbons (Fsp3) is 0.381. The average molecular weight is 447 g/mol. The first-order valence-electron chi connectivity index (χ1n) is 10.1. The van der Waals surface area contributed by atoms with E-state index in [-0.39, 0.29) is 4.90 Å². The van der Waals surface area contributed by atoms with Gasteiger partial charge < -0.3 is 20.3 Å². The summed E-state index contributed by atoms with van der Waals surface area (Å²) in [5.74, 6) is 0.665. The maximum absolute atomic E-state index is 13.3. The fourth-order valence-corrected chi connectivity index (χ4v) is 5.07. The van der Waals surface area contributed by atoms with Gasteiger partial charge >= 0.3 is 0 Å². The van der Waals surface area contributed by atoms with Gasteiger partial charge in [-0.15, -0.1) is 0 Å². The number of methoxy groups -OCH3 is 1. The predicted octanol–water partition coefficient (Wildman–Crippen LogP) is 3.55. The van der Waals surface area contributed by atoms with Crippen LogP contribution in [0.5, 0.6) is 5.75 Å². The van der Waals surface area contributed by atoms with E-state index in [2.05, 4.69) is 20.3 Å². The lowest BCUT2D eigenvalue weighted by Gasteiger charge is -2.23. The zero-order chi connectivity index (χ0) is 21.1. The highest BCUT2D eigenvalue weighted by atomic mass is 32.2. The number of nitrogens with one attached hydrogen (secondary N) is 3. The molecule has 1 aliphatic heterocycles. The third-order valence-corrected chi connectivity index (χ3v) is 6.84. The number of hydrogen-bond donors (Lipinski definition) is 3. The standard InChI is InChI=1S/C21H26N4O3S2/c1-28-18-9-6-16(7-10-18)24-30(26,27)20-14-17(23-21(29)22-15-4-5-15)8-11-19(20)25-12-2-3-13-25/h6-11,14-15,24H,2-5,12-13H2,1H3,(H2,22,23,29). The van der Waals surface area contributed by atoms with Gasteiger partial charge in [0.1, 0.15) is 10.6 Å². The van der Waals surface area contributed by atoms with Gasteiger partial charge in [0.05, 0.1) is 12.8 Å². The number of ether oxygens (including phenoxy) is 1.